The van der Waals surface area contributed by atoms with E-state index in [-0.39, 0.29) is 6.61 Å². The lowest BCUT2D eigenvalue weighted by molar-refractivity contribution is 0.368. The van der Waals surface area contributed by atoms with Gasteiger partial charge in [0.15, 0.2) is 6.61 Å². The highest BCUT2D eigenvalue weighted by Gasteiger charge is 2.03. The summed E-state index contributed by atoms with van der Waals surface area (Å²) in [7, 11) is 0. The van der Waals surface area contributed by atoms with E-state index in [0.717, 1.165) is 15.7 Å². The number of nitrogens with one attached hydrogen (secondary N) is 1. The van der Waals surface area contributed by atoms with Gasteiger partial charge in [0.1, 0.15) is 11.8 Å². The van der Waals surface area contributed by atoms with Crippen LogP contribution in [-0.2, 0) is 6.54 Å². The van der Waals surface area contributed by atoms with Crippen molar-refractivity contribution in [2.24, 2.45) is 0 Å². The van der Waals surface area contributed by atoms with Crippen molar-refractivity contribution < 1.29 is 4.74 Å². The molecular weight excluding hydrogens is 340 g/mol. The van der Waals surface area contributed by atoms with Gasteiger partial charge in [-0.3, -0.25) is 0 Å². The maximum Gasteiger partial charge on any atom is 0.174 e. The van der Waals surface area contributed by atoms with Gasteiger partial charge in [0.25, 0.3) is 0 Å². The van der Waals surface area contributed by atoms with Crippen LogP contribution in [0.1, 0.15) is 5.56 Å². The Balaban J connectivity index is 1.97. The molecule has 2 aromatic rings. The van der Waals surface area contributed by atoms with Crippen molar-refractivity contribution in [3.63, 3.8) is 0 Å². The molecule has 0 bridgehead atoms. The highest BCUT2D eigenvalue weighted by Crippen LogP contribution is 2.30. The van der Waals surface area contributed by atoms with Crippen molar-refractivity contribution in [2.45, 2.75) is 6.54 Å². The minimum atomic E-state index is 0.0626. The minimum absolute atomic E-state index is 0.0626. The lowest BCUT2D eigenvalue weighted by Crippen LogP contribution is -2.00. The number of nitrogens with zero attached hydrogens (tertiary/aromatic N) is 1. The van der Waals surface area contributed by atoms with Gasteiger partial charge in [-0.2, -0.15) is 5.26 Å². The lowest BCUT2D eigenvalue weighted by Gasteiger charge is -2.10. The summed E-state index contributed by atoms with van der Waals surface area (Å²) in [5, 5.41) is 12.4. The second kappa shape index (κ2) is 7.18. The molecule has 0 atom stereocenters. The number of rotatable bonds is 5. The number of halogens is 2. The average molecular weight is 352 g/mol. The Bertz CT molecular complexity index is 623. The molecule has 20 heavy (non-hydrogen) atoms. The maximum absolute atomic E-state index is 8.44. The van der Waals surface area contributed by atoms with Crippen molar-refractivity contribution in [3.8, 4) is 11.8 Å². The third-order valence-corrected chi connectivity index (χ3v) is 4.06. The number of nitriles is 1. The predicted molar refractivity (Wildman–Crippen MR) is 84.0 cm³/mol. The molecule has 0 aliphatic heterocycles. The average Bonchev–Trinajstić information content (AvgIpc) is 2.48. The zero-order valence-corrected chi connectivity index (χ0v) is 12.9. The Morgan fingerprint density at radius 3 is 2.65 bits per heavy atom. The molecule has 102 valence electrons. The van der Waals surface area contributed by atoms with Crippen LogP contribution in [0.5, 0.6) is 5.75 Å². The summed E-state index contributed by atoms with van der Waals surface area (Å²) in [5.74, 6) is 0.694. The molecule has 0 spiro atoms. The monoisotopic (exact) mass is 350 g/mol. The van der Waals surface area contributed by atoms with E-state index in [2.05, 4.69) is 21.2 Å². The van der Waals surface area contributed by atoms with Crippen LogP contribution in [-0.4, -0.2) is 6.61 Å². The van der Waals surface area contributed by atoms with Crippen LogP contribution >= 0.6 is 27.5 Å². The Labute approximate surface area is 131 Å². The van der Waals surface area contributed by atoms with Gasteiger partial charge in [-0.1, -0.05) is 29.8 Å². The molecule has 0 saturated heterocycles. The van der Waals surface area contributed by atoms with Crippen LogP contribution in [0.25, 0.3) is 0 Å². The summed E-state index contributed by atoms with van der Waals surface area (Å²) < 4.78 is 6.06. The molecule has 0 radical (unpaired) electrons. The summed E-state index contributed by atoms with van der Waals surface area (Å²) in [6.07, 6.45) is 0. The van der Waals surface area contributed by atoms with Gasteiger partial charge in [0, 0.05) is 6.54 Å². The first-order chi connectivity index (χ1) is 9.70. The van der Waals surface area contributed by atoms with Crippen molar-refractivity contribution >= 4 is 33.2 Å². The molecule has 3 nitrogen and oxygen atoms in total. The van der Waals surface area contributed by atoms with Crippen LogP contribution in [0, 0.1) is 11.3 Å². The second-order valence-corrected chi connectivity index (χ2v) is 5.25. The summed E-state index contributed by atoms with van der Waals surface area (Å²) in [6.45, 7) is 0.741. The van der Waals surface area contributed by atoms with E-state index in [4.69, 9.17) is 21.6 Å². The summed E-state index contributed by atoms with van der Waals surface area (Å²) in [6, 6.07) is 15.2. The number of ether oxygens (including phenoxy) is 1. The summed E-state index contributed by atoms with van der Waals surface area (Å²) in [4.78, 5) is 0. The fourth-order valence-corrected chi connectivity index (χ4v) is 2.24. The Morgan fingerprint density at radius 1 is 1.20 bits per heavy atom. The van der Waals surface area contributed by atoms with Crippen LogP contribution < -0.4 is 10.1 Å². The van der Waals surface area contributed by atoms with Crippen molar-refractivity contribution in [1.82, 2.24) is 0 Å². The first-order valence-corrected chi connectivity index (χ1v) is 7.14. The van der Waals surface area contributed by atoms with Crippen LogP contribution in [0.2, 0.25) is 5.02 Å². The van der Waals surface area contributed by atoms with Gasteiger partial charge in [-0.15, -0.1) is 0 Å². The number of benzene rings is 2. The standard InChI is InChI=1S/C15H12BrClN2O/c16-15-13(17)2-1-3-14(15)19-10-11-4-6-12(7-5-11)20-9-8-18/h1-7,19H,9-10H2. The molecule has 0 unspecified atom stereocenters. The Morgan fingerprint density at radius 2 is 1.95 bits per heavy atom. The molecule has 5 heteroatoms. The summed E-state index contributed by atoms with van der Waals surface area (Å²) in [5.41, 5.74) is 2.06. The predicted octanol–water partition coefficient (Wildman–Crippen LogP) is 4.62. The van der Waals surface area contributed by atoms with Gasteiger partial charge in [-0.25, -0.2) is 0 Å². The summed E-state index contributed by atoms with van der Waals surface area (Å²) >= 11 is 9.48. The molecule has 0 heterocycles. The Hall–Kier alpha value is -1.70. The zero-order chi connectivity index (χ0) is 14.4. The third-order valence-electron chi connectivity index (χ3n) is 2.66. The van der Waals surface area contributed by atoms with Crippen LogP contribution in [0.4, 0.5) is 5.69 Å². The fourth-order valence-electron chi connectivity index (χ4n) is 1.66. The normalized spacial score (nSPS) is 9.85. The quantitative estimate of drug-likeness (QED) is 0.855. The molecule has 0 fully saturated rings. The van der Waals surface area contributed by atoms with E-state index in [1.54, 1.807) is 0 Å². The first kappa shape index (κ1) is 14.7. The molecule has 0 aliphatic carbocycles. The molecule has 0 amide bonds. The highest BCUT2D eigenvalue weighted by molar-refractivity contribution is 9.10. The van der Waals surface area contributed by atoms with Gasteiger partial charge in [-0.05, 0) is 45.8 Å². The molecule has 0 saturated carbocycles. The minimum Gasteiger partial charge on any atom is -0.479 e. The smallest absolute Gasteiger partial charge is 0.174 e. The van der Waals surface area contributed by atoms with Gasteiger partial charge < -0.3 is 10.1 Å². The molecule has 1 N–H and O–H groups in total. The SMILES string of the molecule is N#CCOc1ccc(CNc2cccc(Cl)c2Br)cc1. The van der Waals surface area contributed by atoms with Crippen molar-refractivity contribution in [2.75, 3.05) is 11.9 Å². The van der Waals surface area contributed by atoms with E-state index >= 15 is 0 Å². The topological polar surface area (TPSA) is 45.0 Å². The van der Waals surface area contributed by atoms with E-state index in [1.807, 2.05) is 48.5 Å². The van der Waals surface area contributed by atoms with Gasteiger partial charge in [0.05, 0.1) is 15.2 Å². The van der Waals surface area contributed by atoms with Crippen molar-refractivity contribution in [3.05, 3.63) is 57.5 Å². The zero-order valence-electron chi connectivity index (χ0n) is 10.6. The number of hydrogen-bond acceptors (Lipinski definition) is 3. The van der Waals surface area contributed by atoms with Gasteiger partial charge in [0.2, 0.25) is 0 Å². The van der Waals surface area contributed by atoms with E-state index < -0.39 is 0 Å². The molecule has 0 aliphatic rings. The highest BCUT2D eigenvalue weighted by atomic mass is 79.9. The molecular formula is C15H12BrClN2O. The number of anilines is 1. The Kier molecular flexibility index (Phi) is 5.28. The molecule has 2 rings (SSSR count). The molecule has 2 aromatic carbocycles. The lowest BCUT2D eigenvalue weighted by atomic mass is 10.2. The van der Waals surface area contributed by atoms with Crippen LogP contribution in [0.15, 0.2) is 46.9 Å². The van der Waals surface area contributed by atoms with E-state index in [9.17, 15) is 0 Å². The van der Waals surface area contributed by atoms with E-state index in [0.29, 0.717) is 17.3 Å². The largest absolute Gasteiger partial charge is 0.479 e. The van der Waals surface area contributed by atoms with Gasteiger partial charge >= 0.3 is 0 Å². The van der Waals surface area contributed by atoms with Crippen LogP contribution in [0.3, 0.4) is 0 Å². The fraction of sp³-hybridized carbons (Fsp3) is 0.133. The third kappa shape index (κ3) is 3.89. The van der Waals surface area contributed by atoms with E-state index in [1.165, 1.54) is 0 Å². The van der Waals surface area contributed by atoms with Crippen molar-refractivity contribution in [1.29, 1.82) is 5.26 Å². The molecule has 0 aromatic heterocycles. The number of hydrogen-bond donors (Lipinski definition) is 1. The second-order valence-electron chi connectivity index (χ2n) is 4.05. The first-order valence-electron chi connectivity index (χ1n) is 5.97. The maximum atomic E-state index is 8.44.